The van der Waals surface area contributed by atoms with E-state index in [4.69, 9.17) is 17.3 Å². The second-order valence-electron chi connectivity index (χ2n) is 5.77. The smallest absolute Gasteiger partial charge is 0.134 e. The standard InChI is InChI=1S/C16H20ClN3/c1-11-4-5-12-8-13(16(17)19-15(12)7-11)9-20-6-2-3-14(18)10-20/h4-5,7-8,14H,2-3,6,9-10,18H2,1H3. The molecule has 1 atom stereocenters. The van der Waals surface area contributed by atoms with Crippen LogP contribution in [0.2, 0.25) is 5.15 Å². The van der Waals surface area contributed by atoms with Crippen LogP contribution in [-0.2, 0) is 6.54 Å². The third kappa shape index (κ3) is 2.95. The van der Waals surface area contributed by atoms with Gasteiger partial charge in [-0.3, -0.25) is 4.90 Å². The molecule has 2 aromatic rings. The number of halogens is 1. The van der Waals surface area contributed by atoms with Crippen LogP contribution in [0.15, 0.2) is 24.3 Å². The lowest BCUT2D eigenvalue weighted by atomic mass is 10.1. The minimum Gasteiger partial charge on any atom is -0.327 e. The van der Waals surface area contributed by atoms with Gasteiger partial charge in [0.05, 0.1) is 5.52 Å². The third-order valence-electron chi connectivity index (χ3n) is 3.94. The van der Waals surface area contributed by atoms with Crippen LogP contribution in [0, 0.1) is 6.92 Å². The van der Waals surface area contributed by atoms with E-state index in [0.29, 0.717) is 11.2 Å². The summed E-state index contributed by atoms with van der Waals surface area (Å²) < 4.78 is 0. The van der Waals surface area contributed by atoms with E-state index in [9.17, 15) is 0 Å². The van der Waals surface area contributed by atoms with Crippen molar-refractivity contribution in [1.82, 2.24) is 9.88 Å². The molecule has 1 unspecified atom stereocenters. The van der Waals surface area contributed by atoms with Gasteiger partial charge in [0.2, 0.25) is 0 Å². The number of benzene rings is 1. The Labute approximate surface area is 124 Å². The largest absolute Gasteiger partial charge is 0.327 e. The Morgan fingerprint density at radius 1 is 1.40 bits per heavy atom. The first-order valence-electron chi connectivity index (χ1n) is 7.15. The molecule has 3 rings (SSSR count). The number of hydrogen-bond acceptors (Lipinski definition) is 3. The molecule has 0 amide bonds. The Morgan fingerprint density at radius 2 is 2.25 bits per heavy atom. The maximum Gasteiger partial charge on any atom is 0.134 e. The molecule has 0 saturated carbocycles. The fraction of sp³-hybridized carbons (Fsp3) is 0.438. The Morgan fingerprint density at radius 3 is 3.05 bits per heavy atom. The fourth-order valence-corrected chi connectivity index (χ4v) is 3.09. The van der Waals surface area contributed by atoms with Gasteiger partial charge in [-0.05, 0) is 44.0 Å². The highest BCUT2D eigenvalue weighted by Gasteiger charge is 2.18. The van der Waals surface area contributed by atoms with Crippen molar-refractivity contribution >= 4 is 22.5 Å². The van der Waals surface area contributed by atoms with Crippen LogP contribution >= 0.6 is 11.6 Å². The highest BCUT2D eigenvalue weighted by molar-refractivity contribution is 6.30. The number of aryl methyl sites for hydroxylation is 1. The first kappa shape index (κ1) is 13.8. The summed E-state index contributed by atoms with van der Waals surface area (Å²) in [5.74, 6) is 0. The molecule has 1 aromatic heterocycles. The van der Waals surface area contributed by atoms with Crippen molar-refractivity contribution < 1.29 is 0 Å². The average molecular weight is 290 g/mol. The number of rotatable bonds is 2. The van der Waals surface area contributed by atoms with E-state index in [0.717, 1.165) is 42.5 Å². The minimum absolute atomic E-state index is 0.290. The van der Waals surface area contributed by atoms with Gasteiger partial charge in [-0.25, -0.2) is 4.98 Å². The summed E-state index contributed by atoms with van der Waals surface area (Å²) in [6, 6.07) is 8.74. The first-order chi connectivity index (χ1) is 9.61. The Hall–Kier alpha value is -1.16. The molecule has 1 saturated heterocycles. The first-order valence-corrected chi connectivity index (χ1v) is 7.53. The zero-order valence-electron chi connectivity index (χ0n) is 11.8. The number of pyridine rings is 1. The van der Waals surface area contributed by atoms with Gasteiger partial charge < -0.3 is 5.73 Å². The van der Waals surface area contributed by atoms with Crippen molar-refractivity contribution in [2.75, 3.05) is 13.1 Å². The topological polar surface area (TPSA) is 42.1 Å². The number of nitrogens with zero attached hydrogens (tertiary/aromatic N) is 2. The number of hydrogen-bond donors (Lipinski definition) is 1. The van der Waals surface area contributed by atoms with E-state index < -0.39 is 0 Å². The summed E-state index contributed by atoms with van der Waals surface area (Å²) in [4.78, 5) is 6.90. The number of aromatic nitrogens is 1. The monoisotopic (exact) mass is 289 g/mol. The van der Waals surface area contributed by atoms with Crippen molar-refractivity contribution in [3.63, 3.8) is 0 Å². The number of likely N-dealkylation sites (tertiary alicyclic amines) is 1. The quantitative estimate of drug-likeness (QED) is 0.864. The lowest BCUT2D eigenvalue weighted by Crippen LogP contribution is -2.42. The van der Waals surface area contributed by atoms with Crippen molar-refractivity contribution in [3.05, 3.63) is 40.5 Å². The molecule has 20 heavy (non-hydrogen) atoms. The molecule has 1 aliphatic heterocycles. The Kier molecular flexibility index (Phi) is 3.92. The van der Waals surface area contributed by atoms with Crippen molar-refractivity contribution in [2.45, 2.75) is 32.4 Å². The molecule has 3 nitrogen and oxygen atoms in total. The highest BCUT2D eigenvalue weighted by Crippen LogP contribution is 2.23. The van der Waals surface area contributed by atoms with Crippen molar-refractivity contribution in [1.29, 1.82) is 0 Å². The third-order valence-corrected chi connectivity index (χ3v) is 4.26. The molecule has 0 spiro atoms. The molecule has 0 bridgehead atoms. The maximum absolute atomic E-state index is 6.34. The van der Waals surface area contributed by atoms with E-state index in [2.05, 4.69) is 41.1 Å². The molecular formula is C16H20ClN3. The average Bonchev–Trinajstić information content (AvgIpc) is 2.40. The zero-order chi connectivity index (χ0) is 14.1. The molecule has 2 N–H and O–H groups in total. The maximum atomic E-state index is 6.34. The molecule has 1 fully saturated rings. The second-order valence-corrected chi connectivity index (χ2v) is 6.13. The Bertz CT molecular complexity index is 626. The van der Waals surface area contributed by atoms with Crippen LogP contribution in [0.5, 0.6) is 0 Å². The molecule has 106 valence electrons. The van der Waals surface area contributed by atoms with Gasteiger partial charge in [0.1, 0.15) is 5.15 Å². The summed E-state index contributed by atoms with van der Waals surface area (Å²) in [5, 5.41) is 1.76. The summed E-state index contributed by atoms with van der Waals surface area (Å²) in [6.07, 6.45) is 2.29. The molecule has 2 heterocycles. The van der Waals surface area contributed by atoms with E-state index in [-0.39, 0.29) is 0 Å². The van der Waals surface area contributed by atoms with Gasteiger partial charge in [-0.1, -0.05) is 23.7 Å². The molecule has 0 radical (unpaired) electrons. The summed E-state index contributed by atoms with van der Waals surface area (Å²) in [5.41, 5.74) is 9.30. The zero-order valence-corrected chi connectivity index (χ0v) is 12.5. The van der Waals surface area contributed by atoms with E-state index in [1.54, 1.807) is 0 Å². The predicted molar refractivity (Wildman–Crippen MR) is 84.0 cm³/mol. The van der Waals surface area contributed by atoms with E-state index in [1.165, 1.54) is 12.0 Å². The second kappa shape index (κ2) is 5.68. The van der Waals surface area contributed by atoms with Crippen LogP contribution < -0.4 is 5.73 Å². The van der Waals surface area contributed by atoms with Gasteiger partial charge >= 0.3 is 0 Å². The van der Waals surface area contributed by atoms with Crippen molar-refractivity contribution in [2.24, 2.45) is 5.73 Å². The number of piperidine rings is 1. The highest BCUT2D eigenvalue weighted by atomic mass is 35.5. The van der Waals surface area contributed by atoms with Crippen LogP contribution in [-0.4, -0.2) is 29.0 Å². The summed E-state index contributed by atoms with van der Waals surface area (Å²) >= 11 is 6.34. The summed E-state index contributed by atoms with van der Waals surface area (Å²) in [7, 11) is 0. The normalized spacial score (nSPS) is 20.4. The van der Waals surface area contributed by atoms with Gasteiger partial charge in [0, 0.05) is 30.1 Å². The van der Waals surface area contributed by atoms with Gasteiger partial charge in [0.15, 0.2) is 0 Å². The lowest BCUT2D eigenvalue weighted by Gasteiger charge is -2.30. The van der Waals surface area contributed by atoms with Gasteiger partial charge in [-0.2, -0.15) is 0 Å². The predicted octanol–water partition coefficient (Wildman–Crippen LogP) is 3.12. The minimum atomic E-state index is 0.290. The van der Waals surface area contributed by atoms with Crippen LogP contribution in [0.3, 0.4) is 0 Å². The number of nitrogens with two attached hydrogens (primary N) is 1. The Balaban J connectivity index is 1.87. The summed E-state index contributed by atoms with van der Waals surface area (Å²) in [6.45, 7) is 4.94. The molecule has 1 aromatic carbocycles. The van der Waals surface area contributed by atoms with Crippen LogP contribution in [0.25, 0.3) is 10.9 Å². The van der Waals surface area contributed by atoms with Crippen molar-refractivity contribution in [3.8, 4) is 0 Å². The molecule has 0 aliphatic carbocycles. The van der Waals surface area contributed by atoms with Crippen LogP contribution in [0.1, 0.15) is 24.0 Å². The molecular weight excluding hydrogens is 270 g/mol. The fourth-order valence-electron chi connectivity index (χ4n) is 2.88. The van der Waals surface area contributed by atoms with Gasteiger partial charge in [0.25, 0.3) is 0 Å². The molecule has 4 heteroatoms. The molecule has 1 aliphatic rings. The lowest BCUT2D eigenvalue weighted by molar-refractivity contribution is 0.201. The number of fused-ring (bicyclic) bond motifs is 1. The van der Waals surface area contributed by atoms with E-state index >= 15 is 0 Å². The SMILES string of the molecule is Cc1ccc2cc(CN3CCCC(N)C3)c(Cl)nc2c1. The van der Waals surface area contributed by atoms with Crippen LogP contribution in [0.4, 0.5) is 0 Å². The van der Waals surface area contributed by atoms with E-state index in [1.807, 2.05) is 0 Å². The van der Waals surface area contributed by atoms with Gasteiger partial charge in [-0.15, -0.1) is 0 Å².